The van der Waals surface area contributed by atoms with E-state index in [2.05, 4.69) is 41.2 Å². The van der Waals surface area contributed by atoms with Crippen molar-refractivity contribution in [3.63, 3.8) is 0 Å². The summed E-state index contributed by atoms with van der Waals surface area (Å²) >= 11 is 7.46. The molecule has 2 heterocycles. The van der Waals surface area contributed by atoms with E-state index in [1.165, 1.54) is 55.5 Å². The van der Waals surface area contributed by atoms with Gasteiger partial charge in [-0.15, -0.1) is 0 Å². The van der Waals surface area contributed by atoms with Gasteiger partial charge >= 0.3 is 0 Å². The van der Waals surface area contributed by atoms with Crippen molar-refractivity contribution in [1.82, 2.24) is 4.90 Å². The quantitative estimate of drug-likeness (QED) is 0.599. The Hall–Kier alpha value is -2.10. The van der Waals surface area contributed by atoms with Gasteiger partial charge in [0.05, 0.1) is 16.3 Å². The highest BCUT2D eigenvalue weighted by Gasteiger charge is 2.38. The lowest BCUT2D eigenvalue weighted by Crippen LogP contribution is -2.44. The first-order valence-electron chi connectivity index (χ1n) is 11.7. The summed E-state index contributed by atoms with van der Waals surface area (Å²) in [5.41, 5.74) is 15.7. The molecule has 0 aromatic heterocycles. The highest BCUT2D eigenvalue weighted by atomic mass is 35.5. The molecule has 2 aromatic carbocycles. The Bertz CT molecular complexity index is 1100. The van der Waals surface area contributed by atoms with Crippen LogP contribution in [0.2, 0.25) is 5.02 Å². The molecule has 0 amide bonds. The second-order valence-corrected chi connectivity index (χ2v) is 10.7. The van der Waals surface area contributed by atoms with Gasteiger partial charge in [0.25, 0.3) is 0 Å². The average molecular weight is 501 g/mol. The summed E-state index contributed by atoms with van der Waals surface area (Å²) in [6.45, 7) is 0.942. The van der Waals surface area contributed by atoms with Gasteiger partial charge in [-0.2, -0.15) is 0 Å². The lowest BCUT2D eigenvalue weighted by atomic mass is 9.94. The third-order valence-electron chi connectivity index (χ3n) is 6.87. The van der Waals surface area contributed by atoms with Crippen LogP contribution < -0.4 is 21.3 Å². The van der Waals surface area contributed by atoms with Gasteiger partial charge in [0.1, 0.15) is 23.3 Å². The summed E-state index contributed by atoms with van der Waals surface area (Å²) in [4.78, 5) is 11.8. The fourth-order valence-corrected chi connectivity index (χ4v) is 6.23. The number of hydrogen-bond acceptors (Lipinski definition) is 7. The largest absolute Gasteiger partial charge is 0.312 e. The highest BCUT2D eigenvalue weighted by molar-refractivity contribution is 8.04. The topological polar surface area (TPSA) is 74.1 Å². The Balaban J connectivity index is 1.32. The van der Waals surface area contributed by atoms with Gasteiger partial charge < -0.3 is 16.4 Å². The van der Waals surface area contributed by atoms with Crippen LogP contribution in [-0.4, -0.2) is 36.0 Å². The minimum Gasteiger partial charge on any atom is -0.312 e. The molecule has 2 aromatic rings. The number of nitrogens with zero attached hydrogens (tertiary/aromatic N) is 4. The van der Waals surface area contributed by atoms with Crippen molar-refractivity contribution in [3.8, 4) is 0 Å². The molecule has 3 aliphatic rings. The summed E-state index contributed by atoms with van der Waals surface area (Å²) in [6.07, 6.45) is 7.81. The van der Waals surface area contributed by atoms with Crippen LogP contribution in [0.15, 0.2) is 58.2 Å². The molecule has 2 aliphatic heterocycles. The second-order valence-electron chi connectivity index (χ2n) is 9.13. The molecule has 0 radical (unpaired) electrons. The van der Waals surface area contributed by atoms with Crippen LogP contribution in [0.1, 0.15) is 37.7 Å². The minimum atomic E-state index is -0.488. The van der Waals surface area contributed by atoms with Crippen LogP contribution in [0.25, 0.3) is 0 Å². The van der Waals surface area contributed by atoms with Crippen molar-refractivity contribution in [2.24, 2.45) is 16.5 Å². The van der Waals surface area contributed by atoms with E-state index in [0.29, 0.717) is 11.7 Å². The van der Waals surface area contributed by atoms with Gasteiger partial charge in [0, 0.05) is 24.0 Å². The first kappa shape index (κ1) is 23.6. The molecule has 1 fully saturated rings. The van der Waals surface area contributed by atoms with Gasteiger partial charge in [-0.1, -0.05) is 54.8 Å². The molecule has 0 spiro atoms. The molecule has 2 atom stereocenters. The standard InChI is InChI=1S/C25H30ClFN6S/c1-31(17-5-3-2-4-6-17)14-16-7-9-18(10-8-16)33-24-22(34-25(33)29)23(28)32(15-30-24)19-11-12-21(27)20(26)13-19/h7-13,15,17,23,25H,2-6,14,28-29H2,1H3. The molecule has 1 saturated carbocycles. The van der Waals surface area contributed by atoms with Crippen LogP contribution in [0.3, 0.4) is 0 Å². The SMILES string of the molecule is CN(Cc1ccc(N2C3=C(SC2N)C(N)N(c2ccc(F)c(Cl)c2)C=N3)cc1)C1CCCCC1. The summed E-state index contributed by atoms with van der Waals surface area (Å²) in [6, 6.07) is 13.7. The summed E-state index contributed by atoms with van der Waals surface area (Å²) < 4.78 is 13.6. The summed E-state index contributed by atoms with van der Waals surface area (Å²) in [5.74, 6) is 0.284. The number of rotatable bonds is 5. The van der Waals surface area contributed by atoms with E-state index < -0.39 is 12.0 Å². The van der Waals surface area contributed by atoms with Gasteiger partial charge in [-0.05, 0) is 55.8 Å². The van der Waals surface area contributed by atoms with Crippen LogP contribution in [0.5, 0.6) is 0 Å². The van der Waals surface area contributed by atoms with Crippen molar-refractivity contribution in [3.05, 3.63) is 69.6 Å². The smallest absolute Gasteiger partial charge is 0.150 e. The van der Waals surface area contributed by atoms with Crippen LogP contribution >= 0.6 is 23.4 Å². The monoisotopic (exact) mass is 500 g/mol. The van der Waals surface area contributed by atoms with E-state index in [4.69, 9.17) is 23.1 Å². The fraction of sp³-hybridized carbons (Fsp3) is 0.400. The van der Waals surface area contributed by atoms with E-state index in [0.717, 1.165) is 23.0 Å². The molecule has 0 saturated heterocycles. The van der Waals surface area contributed by atoms with Crippen LogP contribution in [0.4, 0.5) is 15.8 Å². The molecule has 9 heteroatoms. The lowest BCUT2D eigenvalue weighted by molar-refractivity contribution is 0.184. The maximum atomic E-state index is 13.6. The van der Waals surface area contributed by atoms with E-state index in [1.807, 2.05) is 4.90 Å². The maximum Gasteiger partial charge on any atom is 0.150 e. The van der Waals surface area contributed by atoms with Gasteiger partial charge in [0.2, 0.25) is 0 Å². The van der Waals surface area contributed by atoms with Crippen molar-refractivity contribution in [2.45, 2.75) is 56.4 Å². The Labute approximate surface area is 209 Å². The number of hydrogen-bond donors (Lipinski definition) is 2. The highest BCUT2D eigenvalue weighted by Crippen LogP contribution is 2.43. The number of halogens is 2. The molecule has 2 unspecified atom stereocenters. The predicted octanol–water partition coefficient (Wildman–Crippen LogP) is 5.04. The van der Waals surface area contributed by atoms with Gasteiger partial charge in [-0.25, -0.2) is 9.38 Å². The average Bonchev–Trinajstić information content (AvgIpc) is 3.19. The molecular weight excluding hydrogens is 471 g/mol. The van der Waals surface area contributed by atoms with Gasteiger partial charge in [-0.3, -0.25) is 9.80 Å². The number of aliphatic imine (C=N–C) groups is 1. The lowest BCUT2D eigenvalue weighted by Gasteiger charge is -2.32. The zero-order valence-corrected chi connectivity index (χ0v) is 20.8. The Kier molecular flexibility index (Phi) is 6.86. The van der Waals surface area contributed by atoms with Crippen LogP contribution in [-0.2, 0) is 6.54 Å². The van der Waals surface area contributed by atoms with Crippen molar-refractivity contribution in [1.29, 1.82) is 0 Å². The first-order chi connectivity index (χ1) is 16.4. The molecule has 180 valence electrons. The molecule has 0 bridgehead atoms. The first-order valence-corrected chi connectivity index (χ1v) is 13.0. The van der Waals surface area contributed by atoms with Gasteiger partial charge in [0.15, 0.2) is 0 Å². The Morgan fingerprint density at radius 2 is 1.79 bits per heavy atom. The molecule has 1 aliphatic carbocycles. The molecular formula is C25H30ClFN6S. The van der Waals surface area contributed by atoms with Crippen LogP contribution in [0, 0.1) is 5.82 Å². The summed E-state index contributed by atoms with van der Waals surface area (Å²) in [7, 11) is 2.23. The Morgan fingerprint density at radius 3 is 2.50 bits per heavy atom. The maximum absolute atomic E-state index is 13.6. The molecule has 6 nitrogen and oxygen atoms in total. The Morgan fingerprint density at radius 1 is 1.09 bits per heavy atom. The minimum absolute atomic E-state index is 0.0458. The van der Waals surface area contributed by atoms with Crippen molar-refractivity contribution in [2.75, 3.05) is 16.8 Å². The van der Waals surface area contributed by atoms with Crippen molar-refractivity contribution < 1.29 is 4.39 Å². The fourth-order valence-electron chi connectivity index (χ4n) is 4.96. The molecule has 34 heavy (non-hydrogen) atoms. The van der Waals surface area contributed by atoms with E-state index in [9.17, 15) is 4.39 Å². The zero-order chi connectivity index (χ0) is 23.8. The molecule has 4 N–H and O–H groups in total. The van der Waals surface area contributed by atoms with Crippen molar-refractivity contribution >= 4 is 41.1 Å². The second kappa shape index (κ2) is 9.87. The predicted molar refractivity (Wildman–Crippen MR) is 140 cm³/mol. The van der Waals surface area contributed by atoms with E-state index in [1.54, 1.807) is 23.4 Å². The zero-order valence-electron chi connectivity index (χ0n) is 19.2. The normalized spacial score (nSPS) is 23.2. The number of benzene rings is 2. The molecule has 5 rings (SSSR count). The van der Waals surface area contributed by atoms with E-state index >= 15 is 0 Å². The third-order valence-corrected chi connectivity index (χ3v) is 8.29. The summed E-state index contributed by atoms with van der Waals surface area (Å²) in [5, 5.41) is 0.0458. The number of anilines is 2. The third kappa shape index (κ3) is 4.57. The number of thioether (sulfide) groups is 1. The number of nitrogens with two attached hydrogens (primary N) is 2. The van der Waals surface area contributed by atoms with E-state index in [-0.39, 0.29) is 10.5 Å².